The summed E-state index contributed by atoms with van der Waals surface area (Å²) in [4.78, 5) is 15.2. The summed E-state index contributed by atoms with van der Waals surface area (Å²) in [5, 5.41) is 8.89. The normalized spacial score (nSPS) is 16.9. The smallest absolute Gasteiger partial charge is 0.317 e. The van der Waals surface area contributed by atoms with Crippen LogP contribution in [0.25, 0.3) is 0 Å². The van der Waals surface area contributed by atoms with Gasteiger partial charge in [-0.25, -0.2) is 0 Å². The van der Waals surface area contributed by atoms with Gasteiger partial charge in [0.1, 0.15) is 5.75 Å². The number of likely N-dealkylation sites (tertiary alicyclic amines) is 1. The van der Waals surface area contributed by atoms with Gasteiger partial charge in [0, 0.05) is 12.6 Å². The summed E-state index contributed by atoms with van der Waals surface area (Å²) in [5.41, 5.74) is 1.26. The van der Waals surface area contributed by atoms with E-state index in [1.807, 2.05) is 37.9 Å². The van der Waals surface area contributed by atoms with Gasteiger partial charge < -0.3 is 9.84 Å². The molecule has 0 amide bonds. The maximum absolute atomic E-state index is 10.8. The molecule has 1 saturated heterocycles. The van der Waals surface area contributed by atoms with E-state index in [-0.39, 0.29) is 12.6 Å². The lowest BCUT2D eigenvalue weighted by atomic mass is 10.0. The molecule has 23 heavy (non-hydrogen) atoms. The largest absolute Gasteiger partial charge is 0.491 e. The van der Waals surface area contributed by atoms with Crippen molar-refractivity contribution < 1.29 is 14.6 Å². The summed E-state index contributed by atoms with van der Waals surface area (Å²) in [5.74, 6) is 0.172. The highest BCUT2D eigenvalue weighted by Crippen LogP contribution is 2.20. The number of nitrogens with zero attached hydrogens (tertiary/aromatic N) is 2. The number of rotatable bonds is 7. The Labute approximate surface area is 138 Å². The minimum Gasteiger partial charge on any atom is -0.491 e. The molecule has 1 N–H and O–H groups in total. The van der Waals surface area contributed by atoms with Gasteiger partial charge in [0.25, 0.3) is 0 Å². The molecule has 0 bridgehead atoms. The lowest BCUT2D eigenvalue weighted by molar-refractivity contribution is -0.138. The van der Waals surface area contributed by atoms with E-state index in [0.29, 0.717) is 6.04 Å². The Hall–Kier alpha value is -1.59. The Kier molecular flexibility index (Phi) is 6.42. The van der Waals surface area contributed by atoms with E-state index >= 15 is 0 Å². The maximum Gasteiger partial charge on any atom is 0.317 e. The Morgan fingerprint density at radius 2 is 2.09 bits per heavy atom. The number of carboxylic acid groups (broad SMARTS) is 1. The average molecular weight is 320 g/mol. The minimum atomic E-state index is -0.753. The summed E-state index contributed by atoms with van der Waals surface area (Å²) in [7, 11) is 1.90. The molecular weight excluding hydrogens is 292 g/mol. The molecule has 1 aliphatic rings. The fourth-order valence-electron chi connectivity index (χ4n) is 3.11. The van der Waals surface area contributed by atoms with Crippen LogP contribution in [0.1, 0.15) is 32.3 Å². The van der Waals surface area contributed by atoms with E-state index in [1.54, 1.807) is 0 Å². The first kappa shape index (κ1) is 17.8. The lowest BCUT2D eigenvalue weighted by Crippen LogP contribution is -2.44. The van der Waals surface area contributed by atoms with Crippen LogP contribution in [-0.2, 0) is 11.3 Å². The van der Waals surface area contributed by atoms with Crippen molar-refractivity contribution in [3.8, 4) is 5.75 Å². The van der Waals surface area contributed by atoms with E-state index in [9.17, 15) is 4.79 Å². The number of carboxylic acids is 1. The number of hydrogen-bond donors (Lipinski definition) is 1. The minimum absolute atomic E-state index is 0.124. The molecule has 2 rings (SSSR count). The molecule has 0 spiro atoms. The molecule has 1 aromatic rings. The molecule has 0 unspecified atom stereocenters. The van der Waals surface area contributed by atoms with Gasteiger partial charge in [0.2, 0.25) is 0 Å². The van der Waals surface area contributed by atoms with Crippen molar-refractivity contribution in [2.75, 3.05) is 26.7 Å². The lowest BCUT2D eigenvalue weighted by Gasteiger charge is -2.36. The van der Waals surface area contributed by atoms with Gasteiger partial charge in [-0.15, -0.1) is 0 Å². The number of carbonyl (C=O) groups is 1. The van der Waals surface area contributed by atoms with E-state index in [0.717, 1.165) is 38.2 Å². The van der Waals surface area contributed by atoms with E-state index in [4.69, 9.17) is 9.84 Å². The molecule has 1 heterocycles. The van der Waals surface area contributed by atoms with E-state index in [1.165, 1.54) is 5.56 Å². The Morgan fingerprint density at radius 1 is 1.39 bits per heavy atom. The van der Waals surface area contributed by atoms with Crippen molar-refractivity contribution in [3.63, 3.8) is 0 Å². The molecule has 0 saturated carbocycles. The third kappa shape index (κ3) is 5.84. The molecule has 128 valence electrons. The summed E-state index contributed by atoms with van der Waals surface area (Å²) >= 11 is 0. The van der Waals surface area contributed by atoms with Crippen molar-refractivity contribution >= 4 is 5.97 Å². The molecule has 5 nitrogen and oxygen atoms in total. The van der Waals surface area contributed by atoms with Crippen LogP contribution >= 0.6 is 0 Å². The van der Waals surface area contributed by atoms with Gasteiger partial charge in [-0.2, -0.15) is 0 Å². The first-order chi connectivity index (χ1) is 10.9. The van der Waals surface area contributed by atoms with E-state index < -0.39 is 5.97 Å². The molecule has 0 radical (unpaired) electrons. The maximum atomic E-state index is 10.8. The number of hydrogen-bond acceptors (Lipinski definition) is 4. The van der Waals surface area contributed by atoms with Crippen LogP contribution in [0, 0.1) is 0 Å². The zero-order valence-electron chi connectivity index (χ0n) is 14.4. The Bertz CT molecular complexity index is 511. The molecule has 1 fully saturated rings. The van der Waals surface area contributed by atoms with Gasteiger partial charge >= 0.3 is 5.97 Å². The third-order valence-electron chi connectivity index (χ3n) is 4.24. The van der Waals surface area contributed by atoms with Gasteiger partial charge in [0.05, 0.1) is 12.6 Å². The quantitative estimate of drug-likeness (QED) is 0.836. The van der Waals surface area contributed by atoms with Crippen molar-refractivity contribution in [3.05, 3.63) is 29.8 Å². The summed E-state index contributed by atoms with van der Waals surface area (Å²) in [6.45, 7) is 7.12. The zero-order chi connectivity index (χ0) is 16.8. The average Bonchev–Trinajstić information content (AvgIpc) is 2.47. The van der Waals surface area contributed by atoms with Crippen LogP contribution in [0.4, 0.5) is 0 Å². The summed E-state index contributed by atoms with van der Waals surface area (Å²) in [6, 6.07) is 8.66. The molecular formula is C18H28N2O3. The third-order valence-corrected chi connectivity index (χ3v) is 4.24. The SMILES string of the molecule is CC(C)Oc1cccc(CN2CCC(N(C)CC(=O)O)CC2)c1. The van der Waals surface area contributed by atoms with Crippen LogP contribution in [0.3, 0.4) is 0 Å². The standard InChI is InChI=1S/C18H28N2O3/c1-14(2)23-17-6-4-5-15(11-17)12-20-9-7-16(8-10-20)19(3)13-18(21)22/h4-6,11,14,16H,7-10,12-13H2,1-3H3,(H,21,22). The van der Waals surface area contributed by atoms with Gasteiger partial charge in [0.15, 0.2) is 0 Å². The van der Waals surface area contributed by atoms with Crippen molar-refractivity contribution in [2.45, 2.75) is 45.4 Å². The van der Waals surface area contributed by atoms with E-state index in [2.05, 4.69) is 17.0 Å². The zero-order valence-corrected chi connectivity index (χ0v) is 14.4. The Morgan fingerprint density at radius 3 is 2.70 bits per heavy atom. The number of ether oxygens (including phenoxy) is 1. The predicted octanol–water partition coefficient (Wildman–Crippen LogP) is 2.45. The summed E-state index contributed by atoms with van der Waals surface area (Å²) in [6.07, 6.45) is 2.23. The van der Waals surface area contributed by atoms with Crippen LogP contribution < -0.4 is 4.74 Å². The fourth-order valence-corrected chi connectivity index (χ4v) is 3.11. The highest BCUT2D eigenvalue weighted by molar-refractivity contribution is 5.69. The molecule has 0 aromatic heterocycles. The highest BCUT2D eigenvalue weighted by Gasteiger charge is 2.23. The van der Waals surface area contributed by atoms with Gasteiger partial charge in [-0.05, 0) is 64.5 Å². The number of piperidine rings is 1. The highest BCUT2D eigenvalue weighted by atomic mass is 16.5. The van der Waals surface area contributed by atoms with Crippen molar-refractivity contribution in [1.82, 2.24) is 9.80 Å². The molecule has 0 atom stereocenters. The second-order valence-corrected chi connectivity index (χ2v) is 6.63. The first-order valence-corrected chi connectivity index (χ1v) is 8.34. The molecule has 1 aromatic carbocycles. The number of aliphatic carboxylic acids is 1. The van der Waals surface area contributed by atoms with Crippen LogP contribution in [-0.4, -0.2) is 59.7 Å². The fraction of sp³-hybridized carbons (Fsp3) is 0.611. The molecule has 5 heteroatoms. The van der Waals surface area contributed by atoms with Crippen LogP contribution in [0.15, 0.2) is 24.3 Å². The van der Waals surface area contributed by atoms with Crippen molar-refractivity contribution in [2.24, 2.45) is 0 Å². The molecule has 1 aliphatic heterocycles. The topological polar surface area (TPSA) is 53.0 Å². The summed E-state index contributed by atoms with van der Waals surface area (Å²) < 4.78 is 5.75. The van der Waals surface area contributed by atoms with Gasteiger partial charge in [-0.1, -0.05) is 12.1 Å². The van der Waals surface area contributed by atoms with Crippen LogP contribution in [0.2, 0.25) is 0 Å². The Balaban J connectivity index is 1.83. The number of likely N-dealkylation sites (N-methyl/N-ethyl adjacent to an activating group) is 1. The first-order valence-electron chi connectivity index (χ1n) is 8.34. The van der Waals surface area contributed by atoms with Gasteiger partial charge in [-0.3, -0.25) is 14.6 Å². The second-order valence-electron chi connectivity index (χ2n) is 6.63. The van der Waals surface area contributed by atoms with Crippen molar-refractivity contribution in [1.29, 1.82) is 0 Å². The molecule has 0 aliphatic carbocycles. The number of benzene rings is 1. The van der Waals surface area contributed by atoms with Crippen LogP contribution in [0.5, 0.6) is 5.75 Å². The second kappa shape index (κ2) is 8.31. The predicted molar refractivity (Wildman–Crippen MR) is 90.8 cm³/mol. The monoisotopic (exact) mass is 320 g/mol.